The standard InChI is InChI=1S/C18H34N2O2/c1-14(21)11-18(2,3)13-19-17(22)20(12-15-9-10-15)16-7-5-4-6-8-16/h14-16,21H,4-13H2,1-3H3,(H,19,22). The molecule has 0 saturated heterocycles. The van der Waals surface area contributed by atoms with Crippen LogP contribution in [-0.2, 0) is 0 Å². The molecule has 2 fully saturated rings. The first-order chi connectivity index (χ1) is 10.4. The maximum atomic E-state index is 12.7. The van der Waals surface area contributed by atoms with Crippen LogP contribution in [-0.4, -0.2) is 41.3 Å². The summed E-state index contributed by atoms with van der Waals surface area (Å²) in [6, 6.07) is 0.548. The summed E-state index contributed by atoms with van der Waals surface area (Å²) < 4.78 is 0. The minimum Gasteiger partial charge on any atom is -0.393 e. The number of carbonyl (C=O) groups is 1. The molecular weight excluding hydrogens is 276 g/mol. The highest BCUT2D eigenvalue weighted by Gasteiger charge is 2.32. The molecule has 0 bridgehead atoms. The molecule has 0 heterocycles. The van der Waals surface area contributed by atoms with E-state index in [2.05, 4.69) is 24.1 Å². The van der Waals surface area contributed by atoms with Crippen LogP contribution in [0.1, 0.15) is 72.1 Å². The lowest BCUT2D eigenvalue weighted by Crippen LogP contribution is -2.49. The van der Waals surface area contributed by atoms with Crippen molar-refractivity contribution in [3.63, 3.8) is 0 Å². The van der Waals surface area contributed by atoms with Crippen molar-refractivity contribution < 1.29 is 9.90 Å². The lowest BCUT2D eigenvalue weighted by atomic mass is 9.87. The van der Waals surface area contributed by atoms with E-state index in [-0.39, 0.29) is 17.6 Å². The van der Waals surface area contributed by atoms with Gasteiger partial charge in [-0.1, -0.05) is 33.1 Å². The summed E-state index contributed by atoms with van der Waals surface area (Å²) in [6.07, 6.45) is 9.10. The minimum atomic E-state index is -0.326. The molecule has 2 aliphatic rings. The van der Waals surface area contributed by atoms with Gasteiger partial charge < -0.3 is 15.3 Å². The van der Waals surface area contributed by atoms with Gasteiger partial charge in [0.2, 0.25) is 0 Å². The molecule has 22 heavy (non-hydrogen) atoms. The molecule has 2 rings (SSSR count). The van der Waals surface area contributed by atoms with Crippen LogP contribution in [0, 0.1) is 11.3 Å². The van der Waals surface area contributed by atoms with Gasteiger partial charge in [0, 0.05) is 19.1 Å². The Kier molecular flexibility index (Phi) is 6.13. The molecule has 4 nitrogen and oxygen atoms in total. The highest BCUT2D eigenvalue weighted by Crippen LogP contribution is 2.32. The molecule has 1 unspecified atom stereocenters. The maximum absolute atomic E-state index is 12.7. The van der Waals surface area contributed by atoms with E-state index < -0.39 is 0 Å². The summed E-state index contributed by atoms with van der Waals surface area (Å²) in [7, 11) is 0. The Morgan fingerprint density at radius 3 is 2.41 bits per heavy atom. The van der Waals surface area contributed by atoms with Gasteiger partial charge in [-0.05, 0) is 50.4 Å². The van der Waals surface area contributed by atoms with Crippen molar-refractivity contribution >= 4 is 6.03 Å². The number of amides is 2. The van der Waals surface area contributed by atoms with E-state index in [1.54, 1.807) is 0 Å². The van der Waals surface area contributed by atoms with Crippen molar-refractivity contribution in [3.05, 3.63) is 0 Å². The average Bonchev–Trinajstić information content (AvgIpc) is 3.26. The molecule has 2 N–H and O–H groups in total. The van der Waals surface area contributed by atoms with Gasteiger partial charge in [-0.2, -0.15) is 0 Å². The van der Waals surface area contributed by atoms with Gasteiger partial charge in [-0.3, -0.25) is 0 Å². The third-order valence-electron chi connectivity index (χ3n) is 4.99. The van der Waals surface area contributed by atoms with Crippen molar-refractivity contribution in [2.75, 3.05) is 13.1 Å². The van der Waals surface area contributed by atoms with E-state index in [0.29, 0.717) is 19.0 Å². The van der Waals surface area contributed by atoms with Crippen molar-refractivity contribution in [1.29, 1.82) is 0 Å². The van der Waals surface area contributed by atoms with Crippen LogP contribution in [0.2, 0.25) is 0 Å². The van der Waals surface area contributed by atoms with Crippen molar-refractivity contribution in [1.82, 2.24) is 10.2 Å². The molecule has 0 aromatic rings. The number of aliphatic hydroxyl groups excluding tert-OH is 1. The van der Waals surface area contributed by atoms with Crippen molar-refractivity contribution in [3.8, 4) is 0 Å². The number of aliphatic hydroxyl groups is 1. The van der Waals surface area contributed by atoms with E-state index >= 15 is 0 Å². The zero-order valence-electron chi connectivity index (χ0n) is 14.6. The zero-order chi connectivity index (χ0) is 16.2. The Labute approximate surface area is 135 Å². The van der Waals surface area contributed by atoms with Gasteiger partial charge in [-0.25, -0.2) is 4.79 Å². The van der Waals surface area contributed by atoms with Crippen LogP contribution in [0.15, 0.2) is 0 Å². The number of urea groups is 1. The molecule has 0 aromatic heterocycles. The predicted molar refractivity (Wildman–Crippen MR) is 89.8 cm³/mol. The Morgan fingerprint density at radius 1 is 1.23 bits per heavy atom. The number of rotatable bonds is 7. The molecule has 1 atom stereocenters. The molecule has 0 spiro atoms. The lowest BCUT2D eigenvalue weighted by Gasteiger charge is -2.36. The minimum absolute atomic E-state index is 0.0678. The monoisotopic (exact) mass is 310 g/mol. The molecule has 0 radical (unpaired) electrons. The number of hydrogen-bond donors (Lipinski definition) is 2. The topological polar surface area (TPSA) is 52.6 Å². The van der Waals surface area contributed by atoms with E-state index in [9.17, 15) is 9.90 Å². The lowest BCUT2D eigenvalue weighted by molar-refractivity contribution is 0.121. The number of nitrogens with one attached hydrogen (secondary N) is 1. The molecule has 2 aliphatic carbocycles. The Balaban J connectivity index is 1.87. The highest BCUT2D eigenvalue weighted by molar-refractivity contribution is 5.74. The zero-order valence-corrected chi connectivity index (χ0v) is 14.6. The second kappa shape index (κ2) is 7.67. The summed E-state index contributed by atoms with van der Waals surface area (Å²) in [5.74, 6) is 0.734. The van der Waals surface area contributed by atoms with E-state index in [4.69, 9.17) is 0 Å². The predicted octanol–water partition coefficient (Wildman–Crippen LogP) is 3.54. The number of carbonyl (C=O) groups excluding carboxylic acids is 1. The van der Waals surface area contributed by atoms with Gasteiger partial charge in [0.15, 0.2) is 0 Å². The van der Waals surface area contributed by atoms with Gasteiger partial charge >= 0.3 is 6.03 Å². The molecule has 0 aromatic carbocycles. The second-order valence-electron chi connectivity index (χ2n) is 8.26. The summed E-state index contributed by atoms with van der Waals surface area (Å²) >= 11 is 0. The van der Waals surface area contributed by atoms with E-state index in [1.165, 1.54) is 32.1 Å². The molecule has 128 valence electrons. The van der Waals surface area contributed by atoms with Crippen molar-refractivity contribution in [2.45, 2.75) is 84.3 Å². The molecule has 2 amide bonds. The third-order valence-corrected chi connectivity index (χ3v) is 4.99. The van der Waals surface area contributed by atoms with Crippen molar-refractivity contribution in [2.24, 2.45) is 11.3 Å². The first kappa shape index (κ1) is 17.6. The van der Waals surface area contributed by atoms with Crippen LogP contribution in [0.4, 0.5) is 4.79 Å². The third kappa shape index (κ3) is 5.79. The average molecular weight is 310 g/mol. The van der Waals surface area contributed by atoms with Gasteiger partial charge in [0.25, 0.3) is 0 Å². The Morgan fingerprint density at radius 2 is 1.86 bits per heavy atom. The molecule has 2 saturated carbocycles. The van der Waals surface area contributed by atoms with Gasteiger partial charge in [0.1, 0.15) is 0 Å². The fourth-order valence-electron chi connectivity index (χ4n) is 3.66. The van der Waals surface area contributed by atoms with E-state index in [1.807, 2.05) is 6.92 Å². The molecular formula is C18H34N2O2. The van der Waals surface area contributed by atoms with Crippen LogP contribution >= 0.6 is 0 Å². The fourth-order valence-corrected chi connectivity index (χ4v) is 3.66. The number of nitrogens with zero attached hydrogens (tertiary/aromatic N) is 1. The molecule has 4 heteroatoms. The van der Waals surface area contributed by atoms with E-state index in [0.717, 1.165) is 25.3 Å². The summed E-state index contributed by atoms with van der Waals surface area (Å²) in [5, 5.41) is 12.7. The first-order valence-corrected chi connectivity index (χ1v) is 9.10. The summed E-state index contributed by atoms with van der Waals surface area (Å²) in [4.78, 5) is 14.8. The quantitative estimate of drug-likeness (QED) is 0.755. The Hall–Kier alpha value is -0.770. The second-order valence-corrected chi connectivity index (χ2v) is 8.26. The van der Waals surface area contributed by atoms with Gasteiger partial charge in [0.05, 0.1) is 6.10 Å². The first-order valence-electron chi connectivity index (χ1n) is 9.10. The summed E-state index contributed by atoms with van der Waals surface area (Å²) in [5.41, 5.74) is -0.0678. The maximum Gasteiger partial charge on any atom is 0.317 e. The summed E-state index contributed by atoms with van der Waals surface area (Å²) in [6.45, 7) is 7.58. The largest absolute Gasteiger partial charge is 0.393 e. The van der Waals surface area contributed by atoms with Crippen LogP contribution in [0.25, 0.3) is 0 Å². The van der Waals surface area contributed by atoms with Crippen LogP contribution in [0.5, 0.6) is 0 Å². The van der Waals surface area contributed by atoms with Gasteiger partial charge in [-0.15, -0.1) is 0 Å². The smallest absolute Gasteiger partial charge is 0.317 e. The number of hydrogen-bond acceptors (Lipinski definition) is 2. The SMILES string of the molecule is CC(O)CC(C)(C)CNC(=O)N(CC1CC1)C1CCCCC1. The highest BCUT2D eigenvalue weighted by atomic mass is 16.3. The molecule has 0 aliphatic heterocycles. The van der Waals surface area contributed by atoms with Crippen LogP contribution < -0.4 is 5.32 Å². The normalized spacial score (nSPS) is 21.5. The van der Waals surface area contributed by atoms with Crippen LogP contribution in [0.3, 0.4) is 0 Å². The fraction of sp³-hybridized carbons (Fsp3) is 0.944. The Bertz CT molecular complexity index is 358.